The van der Waals surface area contributed by atoms with Crippen molar-refractivity contribution < 1.29 is 8.42 Å². The van der Waals surface area contributed by atoms with Gasteiger partial charge in [-0.05, 0) is 31.4 Å². The summed E-state index contributed by atoms with van der Waals surface area (Å²) in [6, 6.07) is 3.57. The number of aromatic nitrogens is 1. The van der Waals surface area contributed by atoms with E-state index in [1.165, 1.54) is 0 Å². The van der Waals surface area contributed by atoms with Gasteiger partial charge in [-0.3, -0.25) is 4.98 Å². The van der Waals surface area contributed by atoms with Gasteiger partial charge in [-0.1, -0.05) is 19.9 Å². The molecular weight excluding hydrogens is 236 g/mol. The molecule has 1 aromatic rings. The van der Waals surface area contributed by atoms with E-state index in [-0.39, 0.29) is 11.8 Å². The lowest BCUT2D eigenvalue weighted by atomic mass is 10.1. The van der Waals surface area contributed by atoms with Crippen molar-refractivity contribution in [2.24, 2.45) is 0 Å². The van der Waals surface area contributed by atoms with Crippen molar-refractivity contribution in [2.45, 2.75) is 39.7 Å². The van der Waals surface area contributed by atoms with E-state index in [0.29, 0.717) is 12.8 Å². The van der Waals surface area contributed by atoms with Crippen LogP contribution in [0.1, 0.15) is 44.0 Å². The first-order valence-corrected chi connectivity index (χ1v) is 7.57. The average Bonchev–Trinajstić information content (AvgIpc) is 2.27. The third-order valence-corrected chi connectivity index (χ3v) is 4.17. The quantitative estimate of drug-likeness (QED) is 0.848. The van der Waals surface area contributed by atoms with Gasteiger partial charge in [0.2, 0.25) is 10.0 Å². The number of hydrogen-bond acceptors (Lipinski definition) is 3. The van der Waals surface area contributed by atoms with Crippen LogP contribution in [0.4, 0.5) is 0 Å². The van der Waals surface area contributed by atoms with Gasteiger partial charge in [0.25, 0.3) is 0 Å². The van der Waals surface area contributed by atoms with Gasteiger partial charge in [0, 0.05) is 6.20 Å². The molecule has 0 aliphatic carbocycles. The van der Waals surface area contributed by atoms with E-state index in [9.17, 15) is 8.42 Å². The highest BCUT2D eigenvalue weighted by Gasteiger charge is 2.19. The fraction of sp³-hybridized carbons (Fsp3) is 0.583. The SMILES string of the molecule is CCCS(=O)(=O)N[C@H](CC)c1ncccc1C. The molecule has 0 fully saturated rings. The van der Waals surface area contributed by atoms with Crippen LogP contribution in [0.25, 0.3) is 0 Å². The van der Waals surface area contributed by atoms with E-state index in [2.05, 4.69) is 9.71 Å². The molecule has 0 aliphatic heterocycles. The molecule has 0 spiro atoms. The monoisotopic (exact) mass is 256 g/mol. The molecule has 4 nitrogen and oxygen atoms in total. The topological polar surface area (TPSA) is 59.1 Å². The number of pyridine rings is 1. The number of sulfonamides is 1. The fourth-order valence-corrected chi connectivity index (χ4v) is 3.11. The Kier molecular flexibility index (Phi) is 5.08. The van der Waals surface area contributed by atoms with Gasteiger partial charge in [-0.15, -0.1) is 0 Å². The summed E-state index contributed by atoms with van der Waals surface area (Å²) in [4.78, 5) is 4.27. The highest BCUT2D eigenvalue weighted by Crippen LogP contribution is 2.18. The van der Waals surface area contributed by atoms with Crippen LogP contribution in [0, 0.1) is 6.92 Å². The molecule has 5 heteroatoms. The summed E-state index contributed by atoms with van der Waals surface area (Å²) in [5.74, 6) is 0.162. The number of nitrogens with zero attached hydrogens (tertiary/aromatic N) is 1. The Morgan fingerprint density at radius 3 is 2.65 bits per heavy atom. The van der Waals surface area contributed by atoms with Gasteiger partial charge in [0.05, 0.1) is 17.5 Å². The summed E-state index contributed by atoms with van der Waals surface area (Å²) in [5.41, 5.74) is 1.83. The third-order valence-electron chi connectivity index (χ3n) is 2.58. The van der Waals surface area contributed by atoms with Crippen molar-refractivity contribution in [1.82, 2.24) is 9.71 Å². The Labute approximate surface area is 104 Å². The minimum absolute atomic E-state index is 0.162. The number of aryl methyl sites for hydroxylation is 1. The maximum atomic E-state index is 11.7. The van der Waals surface area contributed by atoms with Crippen molar-refractivity contribution in [3.8, 4) is 0 Å². The van der Waals surface area contributed by atoms with Crippen LogP contribution in [-0.2, 0) is 10.0 Å². The largest absolute Gasteiger partial charge is 0.259 e. The van der Waals surface area contributed by atoms with E-state index < -0.39 is 10.0 Å². The minimum atomic E-state index is -3.20. The van der Waals surface area contributed by atoms with E-state index in [1.54, 1.807) is 6.20 Å². The predicted octanol–water partition coefficient (Wildman–Crippen LogP) is 2.17. The van der Waals surface area contributed by atoms with Crippen molar-refractivity contribution in [1.29, 1.82) is 0 Å². The molecule has 1 N–H and O–H groups in total. The Bertz CT molecular complexity index is 457. The maximum Gasteiger partial charge on any atom is 0.212 e. The van der Waals surface area contributed by atoms with Crippen LogP contribution in [0.2, 0.25) is 0 Å². The molecule has 0 radical (unpaired) electrons. The number of hydrogen-bond donors (Lipinski definition) is 1. The Hall–Kier alpha value is -0.940. The van der Waals surface area contributed by atoms with E-state index in [1.807, 2.05) is 32.9 Å². The van der Waals surface area contributed by atoms with Crippen molar-refractivity contribution in [2.75, 3.05) is 5.75 Å². The summed E-state index contributed by atoms with van der Waals surface area (Å²) in [7, 11) is -3.20. The average molecular weight is 256 g/mol. The molecular formula is C12H20N2O2S. The van der Waals surface area contributed by atoms with Gasteiger partial charge in [0.15, 0.2) is 0 Å². The van der Waals surface area contributed by atoms with Crippen LogP contribution in [0.15, 0.2) is 18.3 Å². The lowest BCUT2D eigenvalue weighted by molar-refractivity contribution is 0.542. The lowest BCUT2D eigenvalue weighted by Crippen LogP contribution is -2.31. The first-order chi connectivity index (χ1) is 8.00. The first-order valence-electron chi connectivity index (χ1n) is 5.91. The van der Waals surface area contributed by atoms with Gasteiger partial charge >= 0.3 is 0 Å². The molecule has 1 rings (SSSR count). The molecule has 17 heavy (non-hydrogen) atoms. The minimum Gasteiger partial charge on any atom is -0.259 e. The Balaban J connectivity index is 2.91. The van der Waals surface area contributed by atoms with Crippen LogP contribution in [0.5, 0.6) is 0 Å². The normalized spacial score (nSPS) is 13.6. The van der Waals surface area contributed by atoms with E-state index >= 15 is 0 Å². The number of nitrogens with one attached hydrogen (secondary N) is 1. The molecule has 0 saturated carbocycles. The smallest absolute Gasteiger partial charge is 0.212 e. The van der Waals surface area contributed by atoms with Crippen LogP contribution in [-0.4, -0.2) is 19.2 Å². The lowest BCUT2D eigenvalue weighted by Gasteiger charge is -2.18. The second-order valence-corrected chi connectivity index (χ2v) is 5.98. The molecule has 1 heterocycles. The molecule has 0 unspecified atom stereocenters. The predicted molar refractivity (Wildman–Crippen MR) is 69.2 cm³/mol. The van der Waals surface area contributed by atoms with Gasteiger partial charge < -0.3 is 0 Å². The molecule has 0 saturated heterocycles. The van der Waals surface area contributed by atoms with Gasteiger partial charge in [-0.2, -0.15) is 0 Å². The standard InChI is InChI=1S/C12H20N2O2S/c1-4-9-17(15,16)14-11(5-2)12-10(3)7-6-8-13-12/h6-8,11,14H,4-5,9H2,1-3H3/t11-/m1/s1. The Morgan fingerprint density at radius 2 is 2.12 bits per heavy atom. The molecule has 1 atom stereocenters. The second-order valence-electron chi connectivity index (χ2n) is 4.10. The summed E-state index contributed by atoms with van der Waals surface area (Å²) in [5, 5.41) is 0. The zero-order valence-electron chi connectivity index (χ0n) is 10.6. The van der Waals surface area contributed by atoms with Gasteiger partial charge in [-0.25, -0.2) is 13.1 Å². The van der Waals surface area contributed by atoms with Crippen LogP contribution < -0.4 is 4.72 Å². The summed E-state index contributed by atoms with van der Waals surface area (Å²) < 4.78 is 26.2. The van der Waals surface area contributed by atoms with Crippen molar-refractivity contribution in [3.05, 3.63) is 29.6 Å². The summed E-state index contributed by atoms with van der Waals surface area (Å²) in [6.45, 7) is 5.75. The van der Waals surface area contributed by atoms with E-state index in [0.717, 1.165) is 11.3 Å². The molecule has 0 bridgehead atoms. The highest BCUT2D eigenvalue weighted by atomic mass is 32.2. The molecule has 96 valence electrons. The zero-order chi connectivity index (χ0) is 12.9. The second kappa shape index (κ2) is 6.12. The molecule has 0 aliphatic rings. The highest BCUT2D eigenvalue weighted by molar-refractivity contribution is 7.89. The molecule has 1 aromatic heterocycles. The van der Waals surface area contributed by atoms with E-state index in [4.69, 9.17) is 0 Å². The molecule has 0 amide bonds. The van der Waals surface area contributed by atoms with Gasteiger partial charge in [0.1, 0.15) is 0 Å². The first kappa shape index (κ1) is 14.1. The maximum absolute atomic E-state index is 11.7. The summed E-state index contributed by atoms with van der Waals surface area (Å²) in [6.07, 6.45) is 3.01. The third kappa shape index (κ3) is 4.09. The van der Waals surface area contributed by atoms with Crippen LogP contribution in [0.3, 0.4) is 0 Å². The Morgan fingerprint density at radius 1 is 1.41 bits per heavy atom. The van der Waals surface area contributed by atoms with Crippen LogP contribution >= 0.6 is 0 Å². The zero-order valence-corrected chi connectivity index (χ0v) is 11.4. The van der Waals surface area contributed by atoms with Crippen molar-refractivity contribution >= 4 is 10.0 Å². The summed E-state index contributed by atoms with van der Waals surface area (Å²) >= 11 is 0. The fourth-order valence-electron chi connectivity index (χ4n) is 1.74. The van der Waals surface area contributed by atoms with Crippen molar-refractivity contribution in [3.63, 3.8) is 0 Å². The number of rotatable bonds is 6. The molecule has 0 aromatic carbocycles.